The van der Waals surface area contributed by atoms with Gasteiger partial charge in [-0.1, -0.05) is 54.3 Å². The van der Waals surface area contributed by atoms with Gasteiger partial charge in [-0.3, -0.25) is 19.8 Å². The van der Waals surface area contributed by atoms with Gasteiger partial charge in [-0.05, 0) is 46.6 Å². The Balaban J connectivity index is 1.57. The maximum absolute atomic E-state index is 14.3. The number of aromatic nitrogens is 2. The zero-order valence-electron chi connectivity index (χ0n) is 17.9. The van der Waals surface area contributed by atoms with Crippen molar-refractivity contribution in [2.24, 2.45) is 0 Å². The van der Waals surface area contributed by atoms with Crippen molar-refractivity contribution in [3.8, 4) is 11.6 Å². The Bertz CT molecular complexity index is 1600. The van der Waals surface area contributed by atoms with E-state index in [0.29, 0.717) is 16.2 Å². The van der Waals surface area contributed by atoms with Gasteiger partial charge in [-0.25, -0.2) is 4.98 Å². The molecule has 1 amide bonds. The highest BCUT2D eigenvalue weighted by Gasteiger charge is 2.34. The number of ether oxygens (including phenoxy) is 1. The third-order valence-corrected chi connectivity index (χ3v) is 6.69. The van der Waals surface area contributed by atoms with Crippen LogP contribution in [0.2, 0.25) is 5.28 Å². The van der Waals surface area contributed by atoms with E-state index in [4.69, 9.17) is 28.6 Å². The number of fused-ring (bicyclic) bond motifs is 1. The number of anilines is 1. The van der Waals surface area contributed by atoms with Crippen LogP contribution >= 0.6 is 35.6 Å². The molecule has 0 bridgehead atoms. The number of carbonyl (C=O) groups excluding carboxylic acids is 1. The average molecular weight is 539 g/mol. The van der Waals surface area contributed by atoms with Crippen LogP contribution in [0.25, 0.3) is 16.8 Å². The molecule has 0 N–H and O–H groups in total. The Labute approximate surface area is 217 Å². The number of non-ortho nitro benzene ring substituents is 1. The van der Waals surface area contributed by atoms with Crippen molar-refractivity contribution in [2.75, 3.05) is 4.90 Å². The lowest BCUT2D eigenvalue weighted by atomic mass is 10.0. The van der Waals surface area contributed by atoms with E-state index in [2.05, 4.69) is 9.97 Å². The maximum atomic E-state index is 14.3. The van der Waals surface area contributed by atoms with Gasteiger partial charge in [0.15, 0.2) is 4.32 Å². The van der Waals surface area contributed by atoms with Crippen molar-refractivity contribution in [2.45, 2.75) is 0 Å². The van der Waals surface area contributed by atoms with Gasteiger partial charge in [0.2, 0.25) is 11.1 Å². The molecule has 0 aliphatic carbocycles. The fourth-order valence-corrected chi connectivity index (χ4v) is 4.97. The number of halogens is 2. The molecule has 1 aliphatic heterocycles. The van der Waals surface area contributed by atoms with Crippen LogP contribution in [0.1, 0.15) is 5.56 Å². The molecule has 8 nitrogen and oxygen atoms in total. The minimum Gasteiger partial charge on any atom is -0.436 e. The van der Waals surface area contributed by atoms with Gasteiger partial charge in [0, 0.05) is 17.7 Å². The number of benzene rings is 3. The zero-order chi connectivity index (χ0) is 25.4. The number of nitrogens with zero attached hydrogens (tertiary/aromatic N) is 4. The Morgan fingerprint density at radius 2 is 1.89 bits per heavy atom. The highest BCUT2D eigenvalue weighted by Crippen LogP contribution is 2.40. The third kappa shape index (κ3) is 4.51. The topological polar surface area (TPSA) is 98.5 Å². The van der Waals surface area contributed by atoms with Gasteiger partial charge in [0.25, 0.3) is 17.5 Å². The van der Waals surface area contributed by atoms with Crippen molar-refractivity contribution in [3.05, 3.63) is 98.5 Å². The van der Waals surface area contributed by atoms with Crippen LogP contribution in [0.5, 0.6) is 11.6 Å². The molecule has 36 heavy (non-hydrogen) atoms. The SMILES string of the molecule is O=C1/C(=C/c2c(Oc3nc(Cl)ncc3F)ccc3ccccc23)SC(=S)N1c1ccc([N+](=O)[O-])cc1. The van der Waals surface area contributed by atoms with E-state index in [-0.39, 0.29) is 26.9 Å². The second-order valence-corrected chi connectivity index (χ2v) is 9.40. The summed E-state index contributed by atoms with van der Waals surface area (Å²) in [5.41, 5.74) is 0.805. The first-order chi connectivity index (χ1) is 17.3. The molecule has 2 heterocycles. The predicted octanol–water partition coefficient (Wildman–Crippen LogP) is 6.53. The molecule has 0 spiro atoms. The van der Waals surface area contributed by atoms with Crippen LogP contribution < -0.4 is 9.64 Å². The molecule has 1 aliphatic rings. The zero-order valence-corrected chi connectivity index (χ0v) is 20.3. The van der Waals surface area contributed by atoms with E-state index in [0.717, 1.165) is 28.7 Å². The normalized spacial score (nSPS) is 14.6. The summed E-state index contributed by atoms with van der Waals surface area (Å²) < 4.78 is 20.3. The Morgan fingerprint density at radius 1 is 1.14 bits per heavy atom. The quantitative estimate of drug-likeness (QED) is 0.0929. The lowest BCUT2D eigenvalue weighted by Crippen LogP contribution is -2.27. The highest BCUT2D eigenvalue weighted by atomic mass is 35.5. The Kier molecular flexibility index (Phi) is 6.35. The van der Waals surface area contributed by atoms with Crippen molar-refractivity contribution >= 4 is 74.0 Å². The van der Waals surface area contributed by atoms with Crippen molar-refractivity contribution in [1.29, 1.82) is 0 Å². The predicted molar refractivity (Wildman–Crippen MR) is 140 cm³/mol. The summed E-state index contributed by atoms with van der Waals surface area (Å²) in [5.74, 6) is -1.33. The number of nitro benzene ring substituents is 1. The van der Waals surface area contributed by atoms with Crippen LogP contribution in [0.3, 0.4) is 0 Å². The van der Waals surface area contributed by atoms with Crippen LogP contribution in [0.15, 0.2) is 71.8 Å². The number of amides is 1. The monoisotopic (exact) mass is 538 g/mol. The lowest BCUT2D eigenvalue weighted by molar-refractivity contribution is -0.384. The summed E-state index contributed by atoms with van der Waals surface area (Å²) in [7, 11) is 0. The number of nitro groups is 1. The Morgan fingerprint density at radius 3 is 2.64 bits per heavy atom. The molecule has 12 heteroatoms. The lowest BCUT2D eigenvalue weighted by Gasteiger charge is -2.14. The van der Waals surface area contributed by atoms with E-state index < -0.39 is 16.6 Å². The highest BCUT2D eigenvalue weighted by molar-refractivity contribution is 8.27. The molecular weight excluding hydrogens is 527 g/mol. The summed E-state index contributed by atoms with van der Waals surface area (Å²) in [6.07, 6.45) is 2.52. The van der Waals surface area contributed by atoms with Gasteiger partial charge in [-0.15, -0.1) is 0 Å². The van der Waals surface area contributed by atoms with Crippen molar-refractivity contribution in [1.82, 2.24) is 9.97 Å². The summed E-state index contributed by atoms with van der Waals surface area (Å²) >= 11 is 12.3. The minimum atomic E-state index is -0.803. The van der Waals surface area contributed by atoms with Crippen LogP contribution in [-0.4, -0.2) is 25.1 Å². The standard InChI is InChI=1S/C24H12ClFN4O4S2/c25-23-27-12-18(26)21(28-23)34-19-10-5-13-3-1-2-4-16(13)17(19)11-20-22(31)29(24(35)36-20)14-6-8-15(9-7-14)30(32)33/h1-12H/b20-11-. The molecule has 1 saturated heterocycles. The van der Waals surface area contributed by atoms with Gasteiger partial charge in [0.05, 0.1) is 21.7 Å². The molecule has 5 rings (SSSR count). The van der Waals surface area contributed by atoms with Crippen molar-refractivity contribution in [3.63, 3.8) is 0 Å². The fraction of sp³-hybridized carbons (Fsp3) is 0. The third-order valence-electron chi connectivity index (χ3n) is 5.21. The van der Waals surface area contributed by atoms with Crippen molar-refractivity contribution < 1.29 is 18.8 Å². The molecule has 1 fully saturated rings. The molecule has 0 atom stereocenters. The van der Waals surface area contributed by atoms with Crippen LogP contribution in [0, 0.1) is 15.9 Å². The van der Waals surface area contributed by atoms with Gasteiger partial charge in [0.1, 0.15) is 5.75 Å². The largest absolute Gasteiger partial charge is 0.436 e. The second-order valence-electron chi connectivity index (χ2n) is 7.38. The minimum absolute atomic E-state index is 0.102. The number of hydrogen-bond acceptors (Lipinski definition) is 8. The molecule has 4 aromatic rings. The van der Waals surface area contributed by atoms with E-state index in [1.165, 1.54) is 29.2 Å². The van der Waals surface area contributed by atoms with Crippen LogP contribution in [0.4, 0.5) is 15.8 Å². The fourth-order valence-electron chi connectivity index (χ4n) is 3.57. The summed E-state index contributed by atoms with van der Waals surface area (Å²) in [5, 5.41) is 12.4. The molecular formula is C24H12ClFN4O4S2. The van der Waals surface area contributed by atoms with Gasteiger partial charge in [-0.2, -0.15) is 9.37 Å². The number of thiocarbonyl (C=S) groups is 1. The summed E-state index contributed by atoms with van der Waals surface area (Å²) in [4.78, 5) is 32.7. The number of rotatable bonds is 5. The molecule has 0 unspecified atom stereocenters. The molecule has 1 aromatic heterocycles. The average Bonchev–Trinajstić information content (AvgIpc) is 3.15. The molecule has 0 radical (unpaired) electrons. The molecule has 0 saturated carbocycles. The molecule has 3 aromatic carbocycles. The van der Waals surface area contributed by atoms with Gasteiger partial charge >= 0.3 is 0 Å². The number of thioether (sulfide) groups is 1. The first-order valence-corrected chi connectivity index (χ1v) is 11.8. The first-order valence-electron chi connectivity index (χ1n) is 10.2. The van der Waals surface area contributed by atoms with E-state index in [9.17, 15) is 19.3 Å². The maximum Gasteiger partial charge on any atom is 0.270 e. The van der Waals surface area contributed by atoms with Crippen LogP contribution in [-0.2, 0) is 4.79 Å². The Hall–Kier alpha value is -3.93. The smallest absolute Gasteiger partial charge is 0.270 e. The number of hydrogen-bond donors (Lipinski definition) is 0. The molecule has 178 valence electrons. The summed E-state index contributed by atoms with van der Waals surface area (Å²) in [6.45, 7) is 0. The second kappa shape index (κ2) is 9.61. The van der Waals surface area contributed by atoms with E-state index >= 15 is 0 Å². The first kappa shape index (κ1) is 23.8. The number of carbonyl (C=O) groups is 1. The van der Waals surface area contributed by atoms with E-state index in [1.54, 1.807) is 18.2 Å². The van der Waals surface area contributed by atoms with Gasteiger partial charge < -0.3 is 4.74 Å². The summed E-state index contributed by atoms with van der Waals surface area (Å²) in [6, 6.07) is 16.4. The van der Waals surface area contributed by atoms with E-state index in [1.807, 2.05) is 24.3 Å².